The van der Waals surface area contributed by atoms with Crippen LogP contribution in [0.25, 0.3) is 0 Å². The van der Waals surface area contributed by atoms with Crippen molar-refractivity contribution < 1.29 is 34.7 Å². The first-order valence-electron chi connectivity index (χ1n) is 6.59. The number of hydrogen-bond acceptors (Lipinski definition) is 10. The first kappa shape index (κ1) is 17.3. The number of nitrogens with two attached hydrogens (primary N) is 1. The van der Waals surface area contributed by atoms with Crippen LogP contribution in [0.2, 0.25) is 0 Å². The molecule has 10 nitrogen and oxygen atoms in total. The second kappa shape index (κ2) is 4.77. The Bertz CT molecular complexity index is 608. The molecule has 0 unspecified atom stereocenters. The Hall–Kier alpha value is -0.500. The van der Waals surface area contributed by atoms with Gasteiger partial charge < -0.3 is 41.0 Å². The molecule has 1 saturated carbocycles. The van der Waals surface area contributed by atoms with E-state index >= 15 is 0 Å². The van der Waals surface area contributed by atoms with Crippen LogP contribution in [0.3, 0.4) is 0 Å². The molecule has 0 aromatic carbocycles. The van der Waals surface area contributed by atoms with Gasteiger partial charge in [0.15, 0.2) is 30.0 Å². The molecule has 2 saturated heterocycles. The lowest BCUT2D eigenvalue weighted by molar-refractivity contribution is -0.212. The maximum absolute atomic E-state index is 11.9. The number of ether oxygens (including phenoxy) is 2. The Labute approximate surface area is 148 Å². The predicted molar refractivity (Wildman–Crippen MR) is 82.1 cm³/mol. The topological polar surface area (TPSA) is 167 Å². The number of rotatable bonds is 1. The van der Waals surface area contributed by atoms with Crippen molar-refractivity contribution >= 4 is 44.8 Å². The summed E-state index contributed by atoms with van der Waals surface area (Å²) in [7, 11) is 0. The fourth-order valence-electron chi connectivity index (χ4n) is 4.08. The summed E-state index contributed by atoms with van der Waals surface area (Å²) >= 11 is 3.33. The van der Waals surface area contributed by atoms with Crippen LogP contribution in [0.1, 0.15) is 0 Å². The Balaban J connectivity index is 0.00000156. The maximum atomic E-state index is 11.9. The van der Waals surface area contributed by atoms with Crippen molar-refractivity contribution in [2.24, 2.45) is 10.7 Å². The fourth-order valence-corrected chi connectivity index (χ4v) is 5.20. The molecule has 8 atom stereocenters. The minimum absolute atomic E-state index is 0. The quantitative estimate of drug-likeness (QED) is 0.171. The van der Waals surface area contributed by atoms with Gasteiger partial charge in [-0.15, -0.1) is 17.0 Å². The SMILES string of the molecule is Br.NC1=N[C@@H]2O[C@]3(CO)[C@@H](O)[C@H]4OC(=O)[C@@H](O)[C@@]4(N1)[C@@]2(Br)[C@H]3O. The van der Waals surface area contributed by atoms with E-state index in [4.69, 9.17) is 15.2 Å². The van der Waals surface area contributed by atoms with Gasteiger partial charge in [0.1, 0.15) is 22.1 Å². The largest absolute Gasteiger partial charge is 0.455 e. The number of aliphatic hydroxyl groups is 4. The van der Waals surface area contributed by atoms with E-state index in [1.807, 2.05) is 0 Å². The lowest BCUT2D eigenvalue weighted by Gasteiger charge is -2.55. The number of halogens is 2. The molecule has 0 aromatic rings. The number of carbonyl (C=O) groups excluding carboxylic acids is 1. The van der Waals surface area contributed by atoms with Crippen LogP contribution in [0.15, 0.2) is 4.99 Å². The summed E-state index contributed by atoms with van der Waals surface area (Å²) in [6, 6.07) is 0. The number of nitrogens with zero attached hydrogens (tertiary/aromatic N) is 1. The molecule has 4 rings (SSSR count). The van der Waals surface area contributed by atoms with Crippen molar-refractivity contribution in [2.45, 2.75) is 46.1 Å². The minimum atomic E-state index is -1.82. The van der Waals surface area contributed by atoms with E-state index in [1.54, 1.807) is 0 Å². The first-order valence-corrected chi connectivity index (χ1v) is 7.38. The number of alkyl halides is 1. The third-order valence-corrected chi connectivity index (χ3v) is 6.64. The van der Waals surface area contributed by atoms with E-state index < -0.39 is 58.7 Å². The number of aliphatic hydroxyl groups excluding tert-OH is 4. The van der Waals surface area contributed by atoms with Crippen molar-refractivity contribution in [2.75, 3.05) is 6.61 Å². The summed E-state index contributed by atoms with van der Waals surface area (Å²) in [5.74, 6) is -1.12. The third kappa shape index (κ3) is 1.51. The van der Waals surface area contributed by atoms with Crippen LogP contribution < -0.4 is 11.1 Å². The Morgan fingerprint density at radius 2 is 2.04 bits per heavy atom. The minimum Gasteiger partial charge on any atom is -0.455 e. The highest BCUT2D eigenvalue weighted by Gasteiger charge is 2.86. The van der Waals surface area contributed by atoms with Crippen molar-refractivity contribution in [1.29, 1.82) is 0 Å². The molecule has 23 heavy (non-hydrogen) atoms. The molecule has 0 amide bonds. The van der Waals surface area contributed by atoms with E-state index in [1.165, 1.54) is 0 Å². The molecule has 1 aliphatic carbocycles. The number of hydrogen-bond donors (Lipinski definition) is 6. The summed E-state index contributed by atoms with van der Waals surface area (Å²) in [4.78, 5) is 15.9. The van der Waals surface area contributed by atoms with Gasteiger partial charge in [-0.3, -0.25) is 0 Å². The average molecular weight is 461 g/mol. The number of aliphatic imine (C=N–C) groups is 1. The molecular formula is C11H15Br2N3O7. The Morgan fingerprint density at radius 1 is 1.39 bits per heavy atom. The first-order chi connectivity index (χ1) is 10.3. The normalized spacial score (nSPS) is 56.1. The average Bonchev–Trinajstić information content (AvgIpc) is 2.85. The van der Waals surface area contributed by atoms with Gasteiger partial charge in [0.25, 0.3) is 0 Å². The highest BCUT2D eigenvalue weighted by Crippen LogP contribution is 2.62. The van der Waals surface area contributed by atoms with E-state index in [0.29, 0.717) is 0 Å². The van der Waals surface area contributed by atoms with Gasteiger partial charge in [0.2, 0.25) is 0 Å². The zero-order valence-corrected chi connectivity index (χ0v) is 14.7. The molecule has 3 heterocycles. The molecule has 2 bridgehead atoms. The van der Waals surface area contributed by atoms with Crippen molar-refractivity contribution in [3.05, 3.63) is 0 Å². The van der Waals surface area contributed by atoms with E-state index in [9.17, 15) is 25.2 Å². The molecular weight excluding hydrogens is 446 g/mol. The monoisotopic (exact) mass is 459 g/mol. The number of nitrogens with one attached hydrogen (secondary N) is 1. The van der Waals surface area contributed by atoms with Crippen molar-refractivity contribution in [3.8, 4) is 0 Å². The molecule has 130 valence electrons. The third-order valence-electron chi connectivity index (χ3n) is 5.16. The van der Waals surface area contributed by atoms with Gasteiger partial charge in [0, 0.05) is 0 Å². The van der Waals surface area contributed by atoms with Gasteiger partial charge in [-0.05, 0) is 0 Å². The summed E-state index contributed by atoms with van der Waals surface area (Å²) in [5.41, 5.74) is 2.20. The highest BCUT2D eigenvalue weighted by molar-refractivity contribution is 9.10. The van der Waals surface area contributed by atoms with E-state index in [-0.39, 0.29) is 22.9 Å². The van der Waals surface area contributed by atoms with Crippen LogP contribution >= 0.6 is 32.9 Å². The second-order valence-electron chi connectivity index (χ2n) is 5.97. The van der Waals surface area contributed by atoms with Gasteiger partial charge >= 0.3 is 5.97 Å². The summed E-state index contributed by atoms with van der Waals surface area (Å²) in [6.07, 6.45) is -7.26. The highest BCUT2D eigenvalue weighted by atomic mass is 79.9. The molecule has 0 radical (unpaired) electrons. The summed E-state index contributed by atoms with van der Waals surface area (Å²) in [5, 5.41) is 44.0. The van der Waals surface area contributed by atoms with Crippen LogP contribution in [0.5, 0.6) is 0 Å². The maximum Gasteiger partial charge on any atom is 0.338 e. The Morgan fingerprint density at radius 3 is 2.65 bits per heavy atom. The van der Waals surface area contributed by atoms with E-state index in [0.717, 1.165) is 0 Å². The number of esters is 1. The molecule has 3 aliphatic heterocycles. The van der Waals surface area contributed by atoms with Crippen LogP contribution in [0, 0.1) is 0 Å². The smallest absolute Gasteiger partial charge is 0.338 e. The second-order valence-corrected chi connectivity index (χ2v) is 7.28. The molecule has 7 N–H and O–H groups in total. The van der Waals surface area contributed by atoms with Gasteiger partial charge in [-0.2, -0.15) is 0 Å². The standard InChI is InChI=1S/C11H14BrN3O7.BrH/c12-10-6(20)9(1-16)2(17)4-11(10,3(18)5(19)21-4)15-8(13)14-7(10)22-9;/h2-4,6-7,16-18,20H,1H2,(H3,13,14,15);1H/t2-,3+,4+,6-,7+,9+,10+,11-;/m0./s1. The number of guanidine groups is 1. The van der Waals surface area contributed by atoms with Gasteiger partial charge in [-0.1, -0.05) is 15.9 Å². The predicted octanol–water partition coefficient (Wildman–Crippen LogP) is -3.54. The number of fused-ring (bicyclic) bond motifs is 1. The lowest BCUT2D eigenvalue weighted by Crippen LogP contribution is -2.85. The molecule has 0 aromatic heterocycles. The van der Waals surface area contributed by atoms with Crippen molar-refractivity contribution in [3.63, 3.8) is 0 Å². The number of carbonyl (C=O) groups is 1. The molecule has 3 fully saturated rings. The van der Waals surface area contributed by atoms with Gasteiger partial charge in [-0.25, -0.2) is 9.79 Å². The van der Waals surface area contributed by atoms with Crippen molar-refractivity contribution in [1.82, 2.24) is 5.32 Å². The van der Waals surface area contributed by atoms with Gasteiger partial charge in [0.05, 0.1) is 6.61 Å². The van der Waals surface area contributed by atoms with Crippen LogP contribution in [-0.2, 0) is 14.3 Å². The summed E-state index contributed by atoms with van der Waals surface area (Å²) < 4.78 is 9.16. The Kier molecular flexibility index (Phi) is 3.60. The zero-order valence-electron chi connectivity index (χ0n) is 11.4. The van der Waals surface area contributed by atoms with Crippen LogP contribution in [0.4, 0.5) is 0 Å². The van der Waals surface area contributed by atoms with E-state index in [2.05, 4.69) is 26.2 Å². The molecule has 12 heteroatoms. The van der Waals surface area contributed by atoms with Crippen LogP contribution in [-0.4, -0.2) is 85.1 Å². The summed E-state index contributed by atoms with van der Waals surface area (Å²) in [6.45, 7) is -0.741. The molecule has 4 aliphatic rings. The fraction of sp³-hybridized carbons (Fsp3) is 0.818. The molecule has 1 spiro atoms. The lowest BCUT2D eigenvalue weighted by atomic mass is 9.61. The zero-order chi connectivity index (χ0) is 16.1.